The van der Waals surface area contributed by atoms with E-state index in [-0.39, 0.29) is 0 Å². The van der Waals surface area contributed by atoms with Gasteiger partial charge in [-0.15, -0.1) is 0 Å². The van der Waals surface area contributed by atoms with Gasteiger partial charge in [0.05, 0.1) is 23.5 Å². The first-order chi connectivity index (χ1) is 8.60. The van der Waals surface area contributed by atoms with Gasteiger partial charge in [0, 0.05) is 16.2 Å². The second kappa shape index (κ2) is 5.50. The van der Waals surface area contributed by atoms with Crippen molar-refractivity contribution < 1.29 is 4.74 Å². The number of benzene rings is 2. The van der Waals surface area contributed by atoms with Crippen LogP contribution in [0, 0.1) is 0 Å². The lowest BCUT2D eigenvalue weighted by Gasteiger charge is -2.11. The van der Waals surface area contributed by atoms with Gasteiger partial charge in [0.2, 0.25) is 0 Å². The van der Waals surface area contributed by atoms with Gasteiger partial charge in [0.15, 0.2) is 0 Å². The van der Waals surface area contributed by atoms with Crippen LogP contribution in [0.15, 0.2) is 40.9 Å². The van der Waals surface area contributed by atoms with Crippen LogP contribution in [0.2, 0.25) is 5.02 Å². The Kier molecular flexibility index (Phi) is 3.99. The van der Waals surface area contributed by atoms with Crippen molar-refractivity contribution in [1.29, 1.82) is 0 Å². The van der Waals surface area contributed by atoms with Crippen molar-refractivity contribution in [1.82, 2.24) is 0 Å². The van der Waals surface area contributed by atoms with Gasteiger partial charge in [-0.05, 0) is 46.3 Å². The molecule has 3 N–H and O–H groups in total. The summed E-state index contributed by atoms with van der Waals surface area (Å²) in [5, 5.41) is 3.84. The first-order valence-electron chi connectivity index (χ1n) is 5.26. The third kappa shape index (κ3) is 2.89. The second-order valence-corrected chi connectivity index (χ2v) is 4.97. The Labute approximate surface area is 119 Å². The van der Waals surface area contributed by atoms with Crippen LogP contribution in [0.25, 0.3) is 0 Å². The Morgan fingerprint density at radius 3 is 2.67 bits per heavy atom. The summed E-state index contributed by atoms with van der Waals surface area (Å²) in [6, 6.07) is 11.1. The fraction of sp³-hybridized carbons (Fsp3) is 0.0769. The monoisotopic (exact) mass is 326 g/mol. The van der Waals surface area contributed by atoms with Crippen LogP contribution in [0.1, 0.15) is 0 Å². The normalized spacial score (nSPS) is 10.2. The number of halogens is 2. The molecule has 0 amide bonds. The largest absolute Gasteiger partial charge is 0.497 e. The number of rotatable bonds is 3. The number of methoxy groups -OCH3 is 1. The Hall–Kier alpha value is -1.39. The van der Waals surface area contributed by atoms with Gasteiger partial charge in [-0.3, -0.25) is 0 Å². The summed E-state index contributed by atoms with van der Waals surface area (Å²) in [5.74, 6) is 0.745. The standard InChI is InChI=1S/C13H12BrClN2O/c1-18-9-3-5-12(16)13(7-9)17-8-2-4-10(14)11(15)6-8/h2-7,17H,16H2,1H3. The highest BCUT2D eigenvalue weighted by Crippen LogP contribution is 2.30. The third-order valence-electron chi connectivity index (χ3n) is 2.46. The van der Waals surface area contributed by atoms with Crippen molar-refractivity contribution in [2.24, 2.45) is 0 Å². The molecule has 0 saturated heterocycles. The molecule has 0 unspecified atom stereocenters. The van der Waals surface area contributed by atoms with Gasteiger partial charge in [-0.1, -0.05) is 11.6 Å². The molecule has 0 saturated carbocycles. The van der Waals surface area contributed by atoms with Crippen molar-refractivity contribution in [2.45, 2.75) is 0 Å². The maximum Gasteiger partial charge on any atom is 0.121 e. The lowest BCUT2D eigenvalue weighted by atomic mass is 10.2. The third-order valence-corrected chi connectivity index (χ3v) is 3.69. The SMILES string of the molecule is COc1ccc(N)c(Nc2ccc(Br)c(Cl)c2)c1. The maximum atomic E-state index is 6.04. The molecule has 0 aromatic heterocycles. The van der Waals surface area contributed by atoms with Crippen LogP contribution in [-0.4, -0.2) is 7.11 Å². The van der Waals surface area contributed by atoms with Gasteiger partial charge in [0.1, 0.15) is 5.75 Å². The summed E-state index contributed by atoms with van der Waals surface area (Å²) < 4.78 is 6.02. The van der Waals surface area contributed by atoms with E-state index in [9.17, 15) is 0 Å². The average molecular weight is 328 g/mol. The van der Waals surface area contributed by atoms with Gasteiger partial charge < -0.3 is 15.8 Å². The summed E-state index contributed by atoms with van der Waals surface area (Å²) in [6.45, 7) is 0. The second-order valence-electron chi connectivity index (χ2n) is 3.71. The number of ether oxygens (including phenoxy) is 1. The predicted octanol–water partition coefficient (Wildman–Crippen LogP) is 4.44. The van der Waals surface area contributed by atoms with E-state index >= 15 is 0 Å². The number of anilines is 3. The number of nitrogens with two attached hydrogens (primary N) is 1. The van der Waals surface area contributed by atoms with Gasteiger partial charge >= 0.3 is 0 Å². The zero-order valence-corrected chi connectivity index (χ0v) is 12.0. The Bertz CT molecular complexity index is 575. The van der Waals surface area contributed by atoms with Crippen LogP contribution in [-0.2, 0) is 0 Å². The van der Waals surface area contributed by atoms with Crippen molar-refractivity contribution >= 4 is 44.6 Å². The molecule has 0 spiro atoms. The lowest BCUT2D eigenvalue weighted by Crippen LogP contribution is -1.97. The Balaban J connectivity index is 2.30. The van der Waals surface area contributed by atoms with Gasteiger partial charge in [-0.2, -0.15) is 0 Å². The van der Waals surface area contributed by atoms with E-state index in [0.29, 0.717) is 10.7 Å². The van der Waals surface area contributed by atoms with Gasteiger partial charge in [-0.25, -0.2) is 0 Å². The molecule has 18 heavy (non-hydrogen) atoms. The topological polar surface area (TPSA) is 47.3 Å². The molecule has 0 aliphatic rings. The van der Waals surface area contributed by atoms with Crippen molar-refractivity contribution in [3.05, 3.63) is 45.9 Å². The minimum absolute atomic E-state index is 0.640. The molecule has 2 aromatic carbocycles. The smallest absolute Gasteiger partial charge is 0.121 e. The van der Waals surface area contributed by atoms with Crippen LogP contribution < -0.4 is 15.8 Å². The fourth-order valence-corrected chi connectivity index (χ4v) is 1.93. The lowest BCUT2D eigenvalue weighted by molar-refractivity contribution is 0.415. The van der Waals surface area contributed by atoms with Crippen molar-refractivity contribution in [3.63, 3.8) is 0 Å². The molecule has 0 atom stereocenters. The number of hydrogen-bond acceptors (Lipinski definition) is 3. The predicted molar refractivity (Wildman–Crippen MR) is 79.8 cm³/mol. The minimum atomic E-state index is 0.640. The fourth-order valence-electron chi connectivity index (χ4n) is 1.50. The summed E-state index contributed by atoms with van der Waals surface area (Å²) >= 11 is 9.38. The minimum Gasteiger partial charge on any atom is -0.497 e. The molecule has 0 fully saturated rings. The van der Waals surface area contributed by atoms with E-state index in [1.807, 2.05) is 30.3 Å². The summed E-state index contributed by atoms with van der Waals surface area (Å²) in [7, 11) is 1.62. The average Bonchev–Trinajstić information content (AvgIpc) is 2.36. The zero-order valence-electron chi connectivity index (χ0n) is 9.71. The maximum absolute atomic E-state index is 6.04. The van der Waals surface area contributed by atoms with E-state index in [0.717, 1.165) is 21.6 Å². The quantitative estimate of drug-likeness (QED) is 0.819. The van der Waals surface area contributed by atoms with E-state index in [1.165, 1.54) is 0 Å². The highest BCUT2D eigenvalue weighted by atomic mass is 79.9. The molecular formula is C13H12BrClN2O. The number of nitrogen functional groups attached to an aromatic ring is 1. The first-order valence-corrected chi connectivity index (χ1v) is 6.43. The summed E-state index contributed by atoms with van der Waals surface area (Å²) in [5.41, 5.74) is 8.20. The van der Waals surface area contributed by atoms with Crippen LogP contribution in [0.5, 0.6) is 5.75 Å². The molecule has 5 heteroatoms. The van der Waals surface area contributed by atoms with E-state index in [1.54, 1.807) is 13.2 Å². The molecule has 3 nitrogen and oxygen atoms in total. The molecule has 2 aromatic rings. The van der Waals surface area contributed by atoms with Gasteiger partial charge in [0.25, 0.3) is 0 Å². The zero-order chi connectivity index (χ0) is 13.1. The highest BCUT2D eigenvalue weighted by molar-refractivity contribution is 9.10. The molecule has 94 valence electrons. The summed E-state index contributed by atoms with van der Waals surface area (Å²) in [6.07, 6.45) is 0. The molecule has 0 heterocycles. The first kappa shape index (κ1) is 13.1. The van der Waals surface area contributed by atoms with E-state index < -0.39 is 0 Å². The van der Waals surface area contributed by atoms with Crippen molar-refractivity contribution in [2.75, 3.05) is 18.2 Å². The molecule has 0 bridgehead atoms. The molecule has 0 aliphatic carbocycles. The molecule has 0 radical (unpaired) electrons. The van der Waals surface area contributed by atoms with Crippen LogP contribution in [0.3, 0.4) is 0 Å². The van der Waals surface area contributed by atoms with E-state index in [4.69, 9.17) is 22.1 Å². The number of nitrogens with one attached hydrogen (secondary N) is 1. The molecule has 0 aliphatic heterocycles. The van der Waals surface area contributed by atoms with Crippen LogP contribution >= 0.6 is 27.5 Å². The highest BCUT2D eigenvalue weighted by Gasteiger charge is 2.04. The van der Waals surface area contributed by atoms with E-state index in [2.05, 4.69) is 21.2 Å². The molecule has 2 rings (SSSR count). The molecular weight excluding hydrogens is 316 g/mol. The Morgan fingerprint density at radius 2 is 2.00 bits per heavy atom. The Morgan fingerprint density at radius 1 is 1.22 bits per heavy atom. The summed E-state index contributed by atoms with van der Waals surface area (Å²) in [4.78, 5) is 0. The number of hydrogen-bond donors (Lipinski definition) is 2. The van der Waals surface area contributed by atoms with Crippen LogP contribution in [0.4, 0.5) is 17.1 Å². The van der Waals surface area contributed by atoms with Crippen molar-refractivity contribution in [3.8, 4) is 5.75 Å².